The van der Waals surface area contributed by atoms with E-state index in [1.807, 2.05) is 6.07 Å². The molecule has 1 heterocycles. The van der Waals surface area contributed by atoms with Crippen LogP contribution in [0.5, 0.6) is 11.5 Å². The zero-order valence-electron chi connectivity index (χ0n) is 12.9. The minimum atomic E-state index is 0.361. The lowest BCUT2D eigenvalue weighted by Gasteiger charge is -2.24. The second-order valence-electron chi connectivity index (χ2n) is 5.95. The van der Waals surface area contributed by atoms with Crippen molar-refractivity contribution in [1.29, 1.82) is 0 Å². The average molecular weight is 290 g/mol. The predicted octanol–water partition coefficient (Wildman–Crippen LogP) is 2.82. The Balaban J connectivity index is 1.77. The summed E-state index contributed by atoms with van der Waals surface area (Å²) >= 11 is 0. The fourth-order valence-electron chi connectivity index (χ4n) is 3.24. The molecule has 3 rings (SSSR count). The van der Waals surface area contributed by atoms with Crippen LogP contribution in [-0.4, -0.2) is 39.4 Å². The Morgan fingerprint density at radius 1 is 1.05 bits per heavy atom. The monoisotopic (exact) mass is 290 g/mol. The standard InChI is InChI=1S/C17H26N2O2/c1-20-16-8-7-14(19-11-4-9-18-10-12-19)13-17(16)21-15-5-2-3-6-15/h7-8,13,15,18H,2-6,9-12H2,1H3. The maximum absolute atomic E-state index is 6.19. The van der Waals surface area contributed by atoms with E-state index >= 15 is 0 Å². The maximum Gasteiger partial charge on any atom is 0.163 e. The Hall–Kier alpha value is -1.42. The molecule has 0 radical (unpaired) electrons. The molecule has 0 amide bonds. The topological polar surface area (TPSA) is 33.7 Å². The molecule has 0 atom stereocenters. The lowest BCUT2D eigenvalue weighted by Crippen LogP contribution is -2.27. The first-order valence-corrected chi connectivity index (χ1v) is 8.17. The molecule has 2 fully saturated rings. The third-order valence-electron chi connectivity index (χ3n) is 4.45. The number of ether oxygens (including phenoxy) is 2. The number of hydrogen-bond acceptors (Lipinski definition) is 4. The summed E-state index contributed by atoms with van der Waals surface area (Å²) in [6, 6.07) is 6.34. The van der Waals surface area contributed by atoms with Gasteiger partial charge in [0.15, 0.2) is 11.5 Å². The number of rotatable bonds is 4. The summed E-state index contributed by atoms with van der Waals surface area (Å²) in [5.41, 5.74) is 1.24. The number of benzene rings is 1. The molecule has 1 aromatic carbocycles. The molecular weight excluding hydrogens is 264 g/mol. The Labute approximate surface area is 127 Å². The van der Waals surface area contributed by atoms with Crippen molar-refractivity contribution in [3.8, 4) is 11.5 Å². The second kappa shape index (κ2) is 7.03. The maximum atomic E-state index is 6.19. The molecule has 0 spiro atoms. The Morgan fingerprint density at radius 3 is 2.71 bits per heavy atom. The van der Waals surface area contributed by atoms with Gasteiger partial charge < -0.3 is 19.7 Å². The van der Waals surface area contributed by atoms with Crippen LogP contribution in [0.15, 0.2) is 18.2 Å². The molecule has 0 aromatic heterocycles. The predicted molar refractivity (Wildman–Crippen MR) is 85.6 cm³/mol. The summed E-state index contributed by atoms with van der Waals surface area (Å²) in [5, 5.41) is 3.45. The fraction of sp³-hybridized carbons (Fsp3) is 0.647. The fourth-order valence-corrected chi connectivity index (χ4v) is 3.24. The highest BCUT2D eigenvalue weighted by Gasteiger charge is 2.19. The molecule has 1 aliphatic carbocycles. The molecule has 0 unspecified atom stereocenters. The Bertz CT molecular complexity index is 450. The van der Waals surface area contributed by atoms with E-state index in [1.165, 1.54) is 37.8 Å². The van der Waals surface area contributed by atoms with Gasteiger partial charge in [0, 0.05) is 31.4 Å². The van der Waals surface area contributed by atoms with Gasteiger partial charge in [-0.1, -0.05) is 0 Å². The number of nitrogens with one attached hydrogen (secondary N) is 1. The summed E-state index contributed by atoms with van der Waals surface area (Å²) in [6.45, 7) is 4.31. The van der Waals surface area contributed by atoms with Gasteiger partial charge in [0.25, 0.3) is 0 Å². The highest BCUT2D eigenvalue weighted by atomic mass is 16.5. The minimum Gasteiger partial charge on any atom is -0.493 e. The van der Waals surface area contributed by atoms with Crippen LogP contribution >= 0.6 is 0 Å². The van der Waals surface area contributed by atoms with E-state index < -0.39 is 0 Å². The molecule has 1 saturated carbocycles. The SMILES string of the molecule is COc1ccc(N2CCCNCC2)cc1OC1CCCC1. The molecule has 4 nitrogen and oxygen atoms in total. The third kappa shape index (κ3) is 3.62. The van der Waals surface area contributed by atoms with Gasteiger partial charge in [0.05, 0.1) is 13.2 Å². The van der Waals surface area contributed by atoms with Crippen LogP contribution in [0.4, 0.5) is 5.69 Å². The number of hydrogen-bond donors (Lipinski definition) is 1. The van der Waals surface area contributed by atoms with E-state index in [1.54, 1.807) is 7.11 Å². The van der Waals surface area contributed by atoms with Crippen LogP contribution in [0.25, 0.3) is 0 Å². The normalized spacial score (nSPS) is 20.3. The molecule has 1 aliphatic heterocycles. The zero-order chi connectivity index (χ0) is 14.5. The first-order chi connectivity index (χ1) is 10.4. The number of anilines is 1. The van der Waals surface area contributed by atoms with E-state index in [2.05, 4.69) is 22.3 Å². The summed E-state index contributed by atoms with van der Waals surface area (Å²) in [4.78, 5) is 2.43. The molecule has 1 aromatic rings. The lowest BCUT2D eigenvalue weighted by atomic mass is 10.2. The molecule has 116 valence electrons. The van der Waals surface area contributed by atoms with Crippen LogP contribution in [0, 0.1) is 0 Å². The van der Waals surface area contributed by atoms with Gasteiger partial charge in [0.2, 0.25) is 0 Å². The number of methoxy groups -OCH3 is 1. The molecule has 2 aliphatic rings. The largest absolute Gasteiger partial charge is 0.493 e. The molecule has 21 heavy (non-hydrogen) atoms. The quantitative estimate of drug-likeness (QED) is 0.924. The molecule has 1 N–H and O–H groups in total. The van der Waals surface area contributed by atoms with E-state index in [9.17, 15) is 0 Å². The van der Waals surface area contributed by atoms with Crippen molar-refractivity contribution in [3.63, 3.8) is 0 Å². The third-order valence-corrected chi connectivity index (χ3v) is 4.45. The van der Waals surface area contributed by atoms with Gasteiger partial charge in [-0.15, -0.1) is 0 Å². The first kappa shape index (κ1) is 14.5. The van der Waals surface area contributed by atoms with Gasteiger partial charge in [-0.3, -0.25) is 0 Å². The molecule has 4 heteroatoms. The first-order valence-electron chi connectivity index (χ1n) is 8.17. The number of nitrogens with zero attached hydrogens (tertiary/aromatic N) is 1. The van der Waals surface area contributed by atoms with Gasteiger partial charge >= 0.3 is 0 Å². The smallest absolute Gasteiger partial charge is 0.163 e. The van der Waals surface area contributed by atoms with E-state index in [0.717, 1.165) is 37.7 Å². The van der Waals surface area contributed by atoms with Crippen molar-refractivity contribution in [2.24, 2.45) is 0 Å². The Kier molecular flexibility index (Phi) is 4.86. The van der Waals surface area contributed by atoms with Crippen molar-refractivity contribution < 1.29 is 9.47 Å². The summed E-state index contributed by atoms with van der Waals surface area (Å²) < 4.78 is 11.7. The van der Waals surface area contributed by atoms with Crippen LogP contribution in [0.2, 0.25) is 0 Å². The van der Waals surface area contributed by atoms with Gasteiger partial charge in [-0.05, 0) is 50.8 Å². The second-order valence-corrected chi connectivity index (χ2v) is 5.95. The van der Waals surface area contributed by atoms with Crippen molar-refractivity contribution >= 4 is 5.69 Å². The van der Waals surface area contributed by atoms with Gasteiger partial charge in [-0.2, -0.15) is 0 Å². The zero-order valence-corrected chi connectivity index (χ0v) is 12.9. The van der Waals surface area contributed by atoms with Crippen molar-refractivity contribution in [3.05, 3.63) is 18.2 Å². The summed E-state index contributed by atoms with van der Waals surface area (Å²) in [5.74, 6) is 1.75. The van der Waals surface area contributed by atoms with E-state index in [0.29, 0.717) is 6.10 Å². The van der Waals surface area contributed by atoms with E-state index in [4.69, 9.17) is 9.47 Å². The van der Waals surface area contributed by atoms with E-state index in [-0.39, 0.29) is 0 Å². The van der Waals surface area contributed by atoms with Gasteiger partial charge in [-0.25, -0.2) is 0 Å². The van der Waals surface area contributed by atoms with Crippen molar-refractivity contribution in [2.45, 2.75) is 38.2 Å². The minimum absolute atomic E-state index is 0.361. The summed E-state index contributed by atoms with van der Waals surface area (Å²) in [7, 11) is 1.71. The highest BCUT2D eigenvalue weighted by molar-refractivity contribution is 5.56. The molecule has 0 bridgehead atoms. The highest BCUT2D eigenvalue weighted by Crippen LogP contribution is 2.35. The van der Waals surface area contributed by atoms with Crippen LogP contribution in [0.3, 0.4) is 0 Å². The van der Waals surface area contributed by atoms with Crippen molar-refractivity contribution in [2.75, 3.05) is 38.2 Å². The van der Waals surface area contributed by atoms with Crippen LogP contribution in [-0.2, 0) is 0 Å². The molecule has 1 saturated heterocycles. The van der Waals surface area contributed by atoms with Crippen LogP contribution in [0.1, 0.15) is 32.1 Å². The van der Waals surface area contributed by atoms with Crippen molar-refractivity contribution in [1.82, 2.24) is 5.32 Å². The molecular formula is C17H26N2O2. The Morgan fingerprint density at radius 2 is 1.90 bits per heavy atom. The average Bonchev–Trinajstić information content (AvgIpc) is 2.87. The lowest BCUT2D eigenvalue weighted by molar-refractivity contribution is 0.201. The summed E-state index contributed by atoms with van der Waals surface area (Å²) in [6.07, 6.45) is 6.45. The van der Waals surface area contributed by atoms with Crippen LogP contribution < -0.4 is 19.7 Å². The van der Waals surface area contributed by atoms with Gasteiger partial charge in [0.1, 0.15) is 0 Å².